The zero-order valence-corrected chi connectivity index (χ0v) is 14.0. The van der Waals surface area contributed by atoms with Crippen LogP contribution in [-0.4, -0.2) is 30.3 Å². The van der Waals surface area contributed by atoms with Crippen LogP contribution in [0.2, 0.25) is 0 Å². The molecule has 7 nitrogen and oxygen atoms in total. The molecule has 0 aliphatic rings. The Hall–Kier alpha value is -2.22. The minimum absolute atomic E-state index is 0.547. The summed E-state index contributed by atoms with van der Waals surface area (Å²) in [5.74, 6) is 1.91. The van der Waals surface area contributed by atoms with Crippen molar-refractivity contribution >= 4 is 11.8 Å². The van der Waals surface area contributed by atoms with Gasteiger partial charge in [0.05, 0.1) is 11.4 Å². The highest BCUT2D eigenvalue weighted by Gasteiger charge is 2.12. The number of aromatic nitrogens is 6. The van der Waals surface area contributed by atoms with Crippen molar-refractivity contribution in [2.75, 3.05) is 0 Å². The maximum Gasteiger partial charge on any atom is 0.237 e. The first kappa shape index (κ1) is 15.7. The van der Waals surface area contributed by atoms with E-state index in [-0.39, 0.29) is 0 Å². The molecule has 0 unspecified atom stereocenters. The van der Waals surface area contributed by atoms with Crippen molar-refractivity contribution < 1.29 is 4.52 Å². The van der Waals surface area contributed by atoms with E-state index in [4.69, 9.17) is 4.52 Å². The Kier molecular flexibility index (Phi) is 5.02. The van der Waals surface area contributed by atoms with Crippen LogP contribution in [-0.2, 0) is 12.2 Å². The van der Waals surface area contributed by atoms with Crippen molar-refractivity contribution in [3.8, 4) is 5.69 Å². The summed E-state index contributed by atoms with van der Waals surface area (Å²) in [7, 11) is 0. The molecule has 2 aromatic heterocycles. The molecule has 1 aromatic carbocycles. The third-order valence-corrected chi connectivity index (χ3v) is 4.18. The van der Waals surface area contributed by atoms with Gasteiger partial charge in [0, 0.05) is 6.42 Å². The molecule has 0 saturated heterocycles. The zero-order chi connectivity index (χ0) is 16.1. The van der Waals surface area contributed by atoms with Gasteiger partial charge in [-0.05, 0) is 41.5 Å². The number of unbranched alkanes of at least 4 members (excludes halogenated alkanes) is 1. The van der Waals surface area contributed by atoms with E-state index in [1.807, 2.05) is 31.2 Å². The number of rotatable bonds is 7. The summed E-state index contributed by atoms with van der Waals surface area (Å²) < 4.78 is 6.98. The molecule has 120 valence electrons. The topological polar surface area (TPSA) is 82.5 Å². The summed E-state index contributed by atoms with van der Waals surface area (Å²) in [4.78, 5) is 4.39. The zero-order valence-electron chi connectivity index (χ0n) is 13.1. The van der Waals surface area contributed by atoms with Crippen LogP contribution in [0.3, 0.4) is 0 Å². The van der Waals surface area contributed by atoms with Crippen molar-refractivity contribution in [3.05, 3.63) is 41.5 Å². The number of tetrazole rings is 1. The summed E-state index contributed by atoms with van der Waals surface area (Å²) in [6, 6.07) is 8.04. The molecule has 0 amide bonds. The molecule has 0 bridgehead atoms. The third kappa shape index (κ3) is 3.95. The van der Waals surface area contributed by atoms with Gasteiger partial charge in [0.25, 0.3) is 0 Å². The molecular formula is C15H18N6OS. The van der Waals surface area contributed by atoms with E-state index in [2.05, 4.69) is 32.6 Å². The molecule has 8 heteroatoms. The van der Waals surface area contributed by atoms with Crippen LogP contribution >= 0.6 is 11.8 Å². The Morgan fingerprint density at radius 1 is 1.30 bits per heavy atom. The van der Waals surface area contributed by atoms with E-state index in [0.717, 1.165) is 36.3 Å². The molecular weight excluding hydrogens is 312 g/mol. The van der Waals surface area contributed by atoms with Gasteiger partial charge in [0.2, 0.25) is 11.0 Å². The van der Waals surface area contributed by atoms with Gasteiger partial charge in [-0.25, -0.2) is 0 Å². The smallest absolute Gasteiger partial charge is 0.237 e. The van der Waals surface area contributed by atoms with Gasteiger partial charge in [-0.15, -0.1) is 5.10 Å². The summed E-state index contributed by atoms with van der Waals surface area (Å²) in [6.45, 7) is 4.18. The second-order valence-electron chi connectivity index (χ2n) is 5.21. The van der Waals surface area contributed by atoms with Gasteiger partial charge in [0.15, 0.2) is 5.82 Å². The monoisotopic (exact) mass is 330 g/mol. The fourth-order valence-electron chi connectivity index (χ4n) is 2.10. The van der Waals surface area contributed by atoms with Gasteiger partial charge in [-0.3, -0.25) is 0 Å². The molecule has 3 rings (SSSR count). The van der Waals surface area contributed by atoms with Gasteiger partial charge in [0.1, 0.15) is 0 Å². The Morgan fingerprint density at radius 3 is 3.04 bits per heavy atom. The lowest BCUT2D eigenvalue weighted by Gasteiger charge is -2.03. The Bertz CT molecular complexity index is 769. The van der Waals surface area contributed by atoms with E-state index >= 15 is 0 Å². The van der Waals surface area contributed by atoms with Gasteiger partial charge < -0.3 is 4.52 Å². The summed E-state index contributed by atoms with van der Waals surface area (Å²) in [5.41, 5.74) is 2.10. The molecule has 0 aliphatic carbocycles. The average Bonchev–Trinajstić information content (AvgIpc) is 3.20. The predicted molar refractivity (Wildman–Crippen MR) is 86.4 cm³/mol. The first-order valence-electron chi connectivity index (χ1n) is 7.56. The molecule has 0 fully saturated rings. The maximum absolute atomic E-state index is 5.26. The van der Waals surface area contributed by atoms with Crippen LogP contribution < -0.4 is 0 Å². The molecule has 23 heavy (non-hydrogen) atoms. The summed E-state index contributed by atoms with van der Waals surface area (Å²) >= 11 is 1.48. The average molecular weight is 330 g/mol. The van der Waals surface area contributed by atoms with Crippen molar-refractivity contribution in [3.63, 3.8) is 0 Å². The molecule has 0 N–H and O–H groups in total. The predicted octanol–water partition coefficient (Wildman–Crippen LogP) is 2.99. The number of hydrogen-bond donors (Lipinski definition) is 0. The fourth-order valence-corrected chi connectivity index (χ4v) is 2.83. The van der Waals surface area contributed by atoms with Crippen molar-refractivity contribution in [2.45, 2.75) is 44.0 Å². The highest BCUT2D eigenvalue weighted by Crippen LogP contribution is 2.22. The molecule has 0 radical (unpaired) electrons. The quantitative estimate of drug-likeness (QED) is 0.616. The summed E-state index contributed by atoms with van der Waals surface area (Å²) in [5, 5.41) is 16.6. The first-order valence-corrected chi connectivity index (χ1v) is 8.54. The SMILES string of the molecule is CCCCc1noc(CSc2nnnn2-c2cccc(C)c2)n1. The second kappa shape index (κ2) is 7.36. The van der Waals surface area contributed by atoms with Crippen LogP contribution in [0.5, 0.6) is 0 Å². The van der Waals surface area contributed by atoms with Crippen molar-refractivity contribution in [2.24, 2.45) is 0 Å². The normalized spacial score (nSPS) is 11.0. The number of nitrogens with zero attached hydrogens (tertiary/aromatic N) is 6. The third-order valence-electron chi connectivity index (χ3n) is 3.28. The number of thioether (sulfide) groups is 1. The van der Waals surface area contributed by atoms with Crippen molar-refractivity contribution in [1.82, 2.24) is 30.3 Å². The lowest BCUT2D eigenvalue weighted by Crippen LogP contribution is -1.99. The van der Waals surface area contributed by atoms with E-state index in [1.54, 1.807) is 4.68 Å². The highest BCUT2D eigenvalue weighted by molar-refractivity contribution is 7.98. The standard InChI is InChI=1S/C15H18N6OS/c1-3-4-8-13-16-14(22-18-13)10-23-15-17-19-20-21(15)12-7-5-6-11(2)9-12/h5-7,9H,3-4,8,10H2,1-2H3. The minimum atomic E-state index is 0.547. The number of hydrogen-bond acceptors (Lipinski definition) is 7. The second-order valence-corrected chi connectivity index (χ2v) is 6.15. The minimum Gasteiger partial charge on any atom is -0.338 e. The lowest BCUT2D eigenvalue weighted by molar-refractivity contribution is 0.384. The maximum atomic E-state index is 5.26. The van der Waals surface area contributed by atoms with E-state index in [9.17, 15) is 0 Å². The van der Waals surface area contributed by atoms with Gasteiger partial charge in [-0.2, -0.15) is 9.67 Å². The van der Waals surface area contributed by atoms with Gasteiger partial charge in [-0.1, -0.05) is 42.4 Å². The fraction of sp³-hybridized carbons (Fsp3) is 0.400. The molecule has 0 saturated carbocycles. The van der Waals surface area contributed by atoms with Crippen LogP contribution in [0, 0.1) is 6.92 Å². The van der Waals surface area contributed by atoms with Crippen LogP contribution in [0.25, 0.3) is 5.69 Å². The van der Waals surface area contributed by atoms with Crippen molar-refractivity contribution in [1.29, 1.82) is 0 Å². The summed E-state index contributed by atoms with van der Waals surface area (Å²) in [6.07, 6.45) is 3.04. The molecule has 2 heterocycles. The largest absolute Gasteiger partial charge is 0.338 e. The van der Waals surface area contributed by atoms with E-state index < -0.39 is 0 Å². The van der Waals surface area contributed by atoms with Crippen LogP contribution in [0.15, 0.2) is 33.9 Å². The Labute approximate surface area is 138 Å². The number of aryl methyl sites for hydroxylation is 2. The van der Waals surface area contributed by atoms with E-state index in [1.165, 1.54) is 11.8 Å². The van der Waals surface area contributed by atoms with E-state index in [0.29, 0.717) is 16.8 Å². The molecule has 0 spiro atoms. The lowest BCUT2D eigenvalue weighted by atomic mass is 10.2. The molecule has 3 aromatic rings. The highest BCUT2D eigenvalue weighted by atomic mass is 32.2. The Morgan fingerprint density at radius 2 is 2.22 bits per heavy atom. The molecule has 0 aliphatic heterocycles. The first-order chi connectivity index (χ1) is 11.3. The molecule has 0 atom stereocenters. The van der Waals surface area contributed by atoms with Gasteiger partial charge >= 0.3 is 0 Å². The van der Waals surface area contributed by atoms with Crippen LogP contribution in [0.1, 0.15) is 37.0 Å². The van der Waals surface area contributed by atoms with Crippen LogP contribution in [0.4, 0.5) is 0 Å². The Balaban J connectivity index is 1.67. The number of benzene rings is 1.